The van der Waals surface area contributed by atoms with E-state index in [1.165, 1.54) is 10.9 Å². The van der Waals surface area contributed by atoms with Crippen molar-refractivity contribution in [2.75, 3.05) is 17.9 Å². The fraction of sp³-hybridized carbons (Fsp3) is 0.588. The highest BCUT2D eigenvalue weighted by atomic mass is 32.2. The minimum absolute atomic E-state index is 0.0428. The molecule has 14 nitrogen and oxygen atoms in total. The lowest BCUT2D eigenvalue weighted by molar-refractivity contribution is -0.122. The highest BCUT2D eigenvalue weighted by Gasteiger charge is 2.44. The summed E-state index contributed by atoms with van der Waals surface area (Å²) < 4.78 is 6.79. The molecule has 15 heteroatoms. The van der Waals surface area contributed by atoms with Crippen molar-refractivity contribution in [3.05, 3.63) is 6.33 Å². The van der Waals surface area contributed by atoms with E-state index in [9.17, 15) is 30.1 Å². The summed E-state index contributed by atoms with van der Waals surface area (Å²) in [4.78, 5) is 37.0. The lowest BCUT2D eigenvalue weighted by Crippen LogP contribution is -2.50. The van der Waals surface area contributed by atoms with Crippen LogP contribution in [0.15, 0.2) is 11.5 Å². The summed E-state index contributed by atoms with van der Waals surface area (Å²) in [6, 6.07) is -2.16. The molecule has 2 aromatic heterocycles. The number of hydroxylamine groups is 1. The predicted octanol–water partition coefficient (Wildman–Crippen LogP) is -1.43. The second kappa shape index (κ2) is 9.62. The van der Waals surface area contributed by atoms with Gasteiger partial charge in [0.2, 0.25) is 5.91 Å². The molecular weight excluding hydrogens is 446 g/mol. The summed E-state index contributed by atoms with van der Waals surface area (Å²) in [6.45, 7) is 2.89. The number of nitrogens with two attached hydrogens (primary N) is 1. The van der Waals surface area contributed by atoms with E-state index in [0.717, 1.165) is 11.8 Å². The molecule has 0 radical (unpaired) electrons. The monoisotopic (exact) mass is 471 g/mol. The molecule has 3 amide bonds. The van der Waals surface area contributed by atoms with Crippen molar-refractivity contribution >= 4 is 40.7 Å². The number of imidazole rings is 1. The molecule has 1 saturated heterocycles. The Morgan fingerprint density at radius 3 is 2.59 bits per heavy atom. The number of hydrogen-bond donors (Lipinski definition) is 6. The zero-order valence-corrected chi connectivity index (χ0v) is 18.3. The van der Waals surface area contributed by atoms with Gasteiger partial charge in [0.05, 0.1) is 19.0 Å². The number of hydrogen-bond acceptors (Lipinski definition) is 12. The number of imide groups is 1. The Balaban J connectivity index is 1.97. The van der Waals surface area contributed by atoms with E-state index in [-0.39, 0.29) is 33.1 Å². The lowest BCUT2D eigenvalue weighted by atomic mass is 10.1. The largest absolute Gasteiger partial charge is 0.394 e. The number of ether oxygens (including phenoxy) is 1. The number of fused-ring (bicyclic) bond motifs is 1. The Hall–Kier alpha value is -2.40. The SMILES string of the molecule is CSc1nc(N(O)C(=O)NC(=O)[C@@H](N)C(C)C)c2ncn([C@@H]3O[C@H](CO)[C@@H](O)[C@H]3O)c2n1. The number of aromatic nitrogens is 4. The molecule has 1 fully saturated rings. The van der Waals surface area contributed by atoms with Crippen LogP contribution in [0.5, 0.6) is 0 Å². The number of carbonyl (C=O) groups is 2. The van der Waals surface area contributed by atoms with Gasteiger partial charge in [0, 0.05) is 0 Å². The van der Waals surface area contributed by atoms with E-state index in [0.29, 0.717) is 0 Å². The van der Waals surface area contributed by atoms with Crippen LogP contribution < -0.4 is 16.1 Å². The first-order valence-electron chi connectivity index (χ1n) is 9.61. The summed E-state index contributed by atoms with van der Waals surface area (Å²) in [5.41, 5.74) is 5.75. The molecule has 0 bridgehead atoms. The van der Waals surface area contributed by atoms with Gasteiger partial charge in [0.1, 0.15) is 18.3 Å². The number of aliphatic hydroxyl groups excluding tert-OH is 3. The Kier molecular flexibility index (Phi) is 7.29. The molecule has 2 aromatic rings. The summed E-state index contributed by atoms with van der Waals surface area (Å²) in [6.07, 6.45) is -2.03. The number of carbonyl (C=O) groups excluding carboxylic acids is 2. The first kappa shape index (κ1) is 24.2. The van der Waals surface area contributed by atoms with Crippen LogP contribution >= 0.6 is 11.8 Å². The summed E-state index contributed by atoms with van der Waals surface area (Å²) in [5, 5.41) is 42.4. The van der Waals surface area contributed by atoms with Gasteiger partial charge in [-0.2, -0.15) is 10.0 Å². The van der Waals surface area contributed by atoms with Crippen LogP contribution in [0.3, 0.4) is 0 Å². The number of amides is 3. The van der Waals surface area contributed by atoms with Gasteiger partial charge in [-0.25, -0.2) is 14.8 Å². The molecule has 3 heterocycles. The van der Waals surface area contributed by atoms with Gasteiger partial charge in [-0.15, -0.1) is 0 Å². The average Bonchev–Trinajstić information content (AvgIpc) is 3.32. The van der Waals surface area contributed by atoms with Crippen molar-refractivity contribution < 1.29 is 34.9 Å². The van der Waals surface area contributed by atoms with E-state index in [2.05, 4.69) is 15.0 Å². The fourth-order valence-electron chi connectivity index (χ4n) is 3.06. The number of rotatable bonds is 6. The summed E-state index contributed by atoms with van der Waals surface area (Å²) >= 11 is 1.10. The van der Waals surface area contributed by atoms with Crippen molar-refractivity contribution in [3.8, 4) is 0 Å². The molecular formula is C17H25N7O7S. The van der Waals surface area contributed by atoms with E-state index in [4.69, 9.17) is 10.5 Å². The highest BCUT2D eigenvalue weighted by molar-refractivity contribution is 7.98. The fourth-order valence-corrected chi connectivity index (χ4v) is 3.41. The molecule has 32 heavy (non-hydrogen) atoms. The lowest BCUT2D eigenvalue weighted by Gasteiger charge is -2.19. The molecule has 0 unspecified atom stereocenters. The van der Waals surface area contributed by atoms with Crippen LogP contribution in [0.25, 0.3) is 11.2 Å². The Morgan fingerprint density at radius 2 is 2.03 bits per heavy atom. The van der Waals surface area contributed by atoms with Crippen molar-refractivity contribution in [1.29, 1.82) is 0 Å². The van der Waals surface area contributed by atoms with Crippen LogP contribution in [0, 0.1) is 5.92 Å². The van der Waals surface area contributed by atoms with Crippen molar-refractivity contribution in [1.82, 2.24) is 24.8 Å². The molecule has 176 valence electrons. The number of urea groups is 1. The topological polar surface area (TPSA) is 209 Å². The average molecular weight is 471 g/mol. The van der Waals surface area contributed by atoms with Gasteiger partial charge in [-0.3, -0.25) is 19.9 Å². The second-order valence-corrected chi connectivity index (χ2v) is 8.24. The Labute approximate surface area is 186 Å². The molecule has 1 aliphatic heterocycles. The zero-order valence-electron chi connectivity index (χ0n) is 17.5. The van der Waals surface area contributed by atoms with Crippen LogP contribution in [0.2, 0.25) is 0 Å². The maximum absolute atomic E-state index is 12.4. The molecule has 0 aliphatic carbocycles. The van der Waals surface area contributed by atoms with Gasteiger partial charge >= 0.3 is 6.03 Å². The number of anilines is 1. The van der Waals surface area contributed by atoms with Crippen molar-refractivity contribution in [3.63, 3.8) is 0 Å². The van der Waals surface area contributed by atoms with Crippen LogP contribution in [-0.2, 0) is 9.53 Å². The highest BCUT2D eigenvalue weighted by Crippen LogP contribution is 2.33. The van der Waals surface area contributed by atoms with E-state index in [1.807, 2.05) is 5.32 Å². The maximum Gasteiger partial charge on any atom is 0.354 e. The second-order valence-electron chi connectivity index (χ2n) is 7.46. The van der Waals surface area contributed by atoms with Crippen LogP contribution in [-0.4, -0.2) is 89.2 Å². The molecule has 7 N–H and O–H groups in total. The van der Waals surface area contributed by atoms with Gasteiger partial charge in [-0.1, -0.05) is 25.6 Å². The number of nitrogens with zero attached hydrogens (tertiary/aromatic N) is 5. The first-order valence-corrected chi connectivity index (χ1v) is 10.8. The molecule has 0 spiro atoms. The zero-order chi connectivity index (χ0) is 23.7. The van der Waals surface area contributed by atoms with Crippen molar-refractivity contribution in [2.45, 2.75) is 49.6 Å². The Morgan fingerprint density at radius 1 is 1.34 bits per heavy atom. The standard InChI is InChI=1S/C17H25N7O7S/c1-6(2)8(18)14(28)22-17(29)24(30)13-9-12(20-16(21-13)32-3)23(5-19-9)15-11(27)10(26)7(4-25)31-15/h5-8,10-11,15,25-27,30H,4,18H2,1-3H3,(H,22,28,29)/t7-,8+,10-,11-,15-/m1/s1. The van der Waals surface area contributed by atoms with E-state index >= 15 is 0 Å². The van der Waals surface area contributed by atoms with Crippen LogP contribution in [0.1, 0.15) is 20.1 Å². The van der Waals surface area contributed by atoms with Gasteiger partial charge in [0.25, 0.3) is 0 Å². The third-order valence-electron chi connectivity index (χ3n) is 5.00. The van der Waals surface area contributed by atoms with Crippen LogP contribution in [0.4, 0.5) is 10.6 Å². The van der Waals surface area contributed by atoms with E-state index in [1.54, 1.807) is 20.1 Å². The number of aliphatic hydroxyl groups is 3. The van der Waals surface area contributed by atoms with Gasteiger partial charge in [0.15, 0.2) is 28.4 Å². The number of nitrogens with one attached hydrogen (secondary N) is 1. The minimum Gasteiger partial charge on any atom is -0.394 e. The molecule has 0 aromatic carbocycles. The summed E-state index contributed by atoms with van der Waals surface area (Å²) in [5.74, 6) is -1.35. The number of thioether (sulfide) groups is 1. The third-order valence-corrected chi connectivity index (χ3v) is 5.55. The van der Waals surface area contributed by atoms with Crippen molar-refractivity contribution in [2.24, 2.45) is 11.7 Å². The minimum atomic E-state index is -1.40. The summed E-state index contributed by atoms with van der Waals surface area (Å²) in [7, 11) is 0. The molecule has 5 atom stereocenters. The molecule has 1 aliphatic rings. The van der Waals surface area contributed by atoms with E-state index < -0.39 is 49.1 Å². The smallest absolute Gasteiger partial charge is 0.354 e. The first-order chi connectivity index (χ1) is 15.1. The van der Waals surface area contributed by atoms with Gasteiger partial charge in [-0.05, 0) is 12.2 Å². The normalized spacial score (nSPS) is 24.2. The quantitative estimate of drug-likeness (QED) is 0.124. The molecule has 3 rings (SSSR count). The molecule has 0 saturated carbocycles. The maximum atomic E-state index is 12.4. The predicted molar refractivity (Wildman–Crippen MR) is 111 cm³/mol. The Bertz CT molecular complexity index is 1000. The third kappa shape index (κ3) is 4.40. The van der Waals surface area contributed by atoms with Gasteiger partial charge < -0.3 is 25.8 Å².